The number of benzene rings is 1. The summed E-state index contributed by atoms with van der Waals surface area (Å²) < 4.78 is 16.8. The zero-order valence-corrected chi connectivity index (χ0v) is 15.2. The largest absolute Gasteiger partial charge is 0.454 e. The Labute approximate surface area is 148 Å². The van der Waals surface area contributed by atoms with Crippen molar-refractivity contribution in [3.05, 3.63) is 23.8 Å². The maximum absolute atomic E-state index is 5.98. The highest BCUT2D eigenvalue weighted by molar-refractivity contribution is 5.80. The molecule has 0 bridgehead atoms. The molecular formula is C19H27N3O3. The highest BCUT2D eigenvalue weighted by Crippen LogP contribution is 2.51. The predicted molar refractivity (Wildman–Crippen MR) is 95.9 cm³/mol. The normalized spacial score (nSPS) is 29.6. The van der Waals surface area contributed by atoms with Gasteiger partial charge in [0.25, 0.3) is 0 Å². The van der Waals surface area contributed by atoms with Crippen molar-refractivity contribution in [2.24, 2.45) is 16.3 Å². The van der Waals surface area contributed by atoms with E-state index in [0.717, 1.165) is 36.0 Å². The summed E-state index contributed by atoms with van der Waals surface area (Å²) in [6, 6.07) is 6.40. The number of hydrogen-bond donors (Lipinski definition) is 2. The topological polar surface area (TPSA) is 64.1 Å². The van der Waals surface area contributed by atoms with Crippen LogP contribution in [-0.4, -0.2) is 38.6 Å². The Bertz CT molecular complexity index is 674. The third kappa shape index (κ3) is 2.92. The lowest BCUT2D eigenvalue weighted by molar-refractivity contribution is -0.188. The van der Waals surface area contributed by atoms with Gasteiger partial charge in [-0.2, -0.15) is 0 Å². The molecule has 3 unspecified atom stereocenters. The van der Waals surface area contributed by atoms with E-state index in [1.54, 1.807) is 0 Å². The van der Waals surface area contributed by atoms with Gasteiger partial charge in [-0.1, -0.05) is 19.9 Å². The van der Waals surface area contributed by atoms with Crippen molar-refractivity contribution >= 4 is 5.96 Å². The first-order valence-electron chi connectivity index (χ1n) is 9.07. The van der Waals surface area contributed by atoms with Crippen LogP contribution < -0.4 is 20.1 Å². The molecule has 6 nitrogen and oxygen atoms in total. The second-order valence-electron chi connectivity index (χ2n) is 7.65. The summed E-state index contributed by atoms with van der Waals surface area (Å²) >= 11 is 0. The van der Waals surface area contributed by atoms with E-state index in [4.69, 9.17) is 14.2 Å². The smallest absolute Gasteiger partial charge is 0.231 e. The van der Waals surface area contributed by atoms with E-state index in [2.05, 4.69) is 29.5 Å². The molecule has 2 fully saturated rings. The number of guanidine groups is 1. The Morgan fingerprint density at radius 2 is 2.12 bits per heavy atom. The van der Waals surface area contributed by atoms with Crippen LogP contribution >= 0.6 is 0 Å². The lowest BCUT2D eigenvalue weighted by Crippen LogP contribution is -2.70. The Morgan fingerprint density at radius 1 is 1.28 bits per heavy atom. The van der Waals surface area contributed by atoms with Crippen LogP contribution in [-0.2, 0) is 11.3 Å². The monoisotopic (exact) mass is 345 g/mol. The van der Waals surface area contributed by atoms with Gasteiger partial charge in [0, 0.05) is 37.6 Å². The molecule has 1 aromatic rings. The van der Waals surface area contributed by atoms with Gasteiger partial charge >= 0.3 is 0 Å². The van der Waals surface area contributed by atoms with Gasteiger partial charge in [0.15, 0.2) is 17.5 Å². The van der Waals surface area contributed by atoms with Gasteiger partial charge in [-0.25, -0.2) is 0 Å². The second-order valence-corrected chi connectivity index (χ2v) is 7.65. The van der Waals surface area contributed by atoms with E-state index >= 15 is 0 Å². The molecule has 2 N–H and O–H groups in total. The van der Waals surface area contributed by atoms with Crippen LogP contribution in [0.1, 0.15) is 32.3 Å². The minimum Gasteiger partial charge on any atom is -0.454 e. The molecule has 136 valence electrons. The summed E-state index contributed by atoms with van der Waals surface area (Å²) in [6.07, 6.45) is 2.74. The quantitative estimate of drug-likeness (QED) is 0.650. The highest BCUT2D eigenvalue weighted by atomic mass is 16.7. The fraction of sp³-hybridized carbons (Fsp3) is 0.632. The minimum atomic E-state index is 0.126. The fourth-order valence-corrected chi connectivity index (χ4v) is 4.39. The number of hydrogen-bond acceptors (Lipinski definition) is 4. The van der Waals surface area contributed by atoms with Gasteiger partial charge in [-0.3, -0.25) is 4.99 Å². The molecule has 6 heteroatoms. The Hall–Kier alpha value is -1.95. The van der Waals surface area contributed by atoms with E-state index in [-0.39, 0.29) is 5.41 Å². The van der Waals surface area contributed by atoms with Gasteiger partial charge in [0.05, 0.1) is 6.10 Å². The summed E-state index contributed by atoms with van der Waals surface area (Å²) in [4.78, 5) is 4.40. The number of nitrogens with zero attached hydrogens (tertiary/aromatic N) is 1. The minimum absolute atomic E-state index is 0.126. The number of nitrogens with one attached hydrogen (secondary N) is 2. The molecule has 0 radical (unpaired) electrons. The van der Waals surface area contributed by atoms with Crippen molar-refractivity contribution in [3.8, 4) is 11.5 Å². The van der Waals surface area contributed by atoms with Crippen molar-refractivity contribution in [3.63, 3.8) is 0 Å². The van der Waals surface area contributed by atoms with Gasteiger partial charge in [-0.15, -0.1) is 0 Å². The predicted octanol–water partition coefficient (Wildman–Crippen LogP) is 2.28. The third-order valence-electron chi connectivity index (χ3n) is 5.74. The molecule has 1 aliphatic carbocycles. The fourth-order valence-electron chi connectivity index (χ4n) is 4.39. The first-order chi connectivity index (χ1) is 12.1. The van der Waals surface area contributed by atoms with Crippen LogP contribution in [0.3, 0.4) is 0 Å². The van der Waals surface area contributed by atoms with E-state index in [1.807, 2.05) is 25.2 Å². The van der Waals surface area contributed by atoms with Crippen LogP contribution in [0.4, 0.5) is 0 Å². The molecule has 3 aliphatic rings. The lowest BCUT2D eigenvalue weighted by atomic mass is 9.55. The number of rotatable bonds is 3. The van der Waals surface area contributed by atoms with Crippen molar-refractivity contribution in [1.29, 1.82) is 0 Å². The van der Waals surface area contributed by atoms with Crippen molar-refractivity contribution in [2.75, 3.05) is 20.4 Å². The van der Waals surface area contributed by atoms with Gasteiger partial charge < -0.3 is 24.8 Å². The van der Waals surface area contributed by atoms with E-state index in [1.165, 1.54) is 6.42 Å². The summed E-state index contributed by atoms with van der Waals surface area (Å²) in [5, 5.41) is 7.03. The van der Waals surface area contributed by atoms with Crippen LogP contribution in [0.2, 0.25) is 0 Å². The van der Waals surface area contributed by atoms with Crippen LogP contribution in [0.5, 0.6) is 11.5 Å². The van der Waals surface area contributed by atoms with E-state index < -0.39 is 0 Å². The first kappa shape index (κ1) is 16.5. The maximum Gasteiger partial charge on any atom is 0.231 e. The first-order valence-corrected chi connectivity index (χ1v) is 9.07. The molecule has 0 spiro atoms. The number of aliphatic imine (C=N–C) groups is 1. The Morgan fingerprint density at radius 3 is 2.96 bits per heavy atom. The highest BCUT2D eigenvalue weighted by Gasteiger charge is 2.58. The molecule has 0 aromatic heterocycles. The third-order valence-corrected chi connectivity index (χ3v) is 5.74. The average Bonchev–Trinajstić information content (AvgIpc) is 3.09. The molecule has 4 rings (SSSR count). The van der Waals surface area contributed by atoms with E-state index in [0.29, 0.717) is 31.4 Å². The standard InChI is InChI=1S/C19H27N3O3/c1-19(2)16(13-5-4-8-23-17(13)19)22-18(20-3)21-10-12-6-7-14-15(9-12)25-11-24-14/h6-7,9,13,16-17H,4-5,8,10-11H2,1-3H3,(H2,20,21,22). The summed E-state index contributed by atoms with van der Waals surface area (Å²) in [5.74, 6) is 3.03. The Kier molecular flexibility index (Phi) is 4.23. The molecule has 3 atom stereocenters. The molecule has 0 amide bonds. The van der Waals surface area contributed by atoms with Gasteiger partial charge in [-0.05, 0) is 30.5 Å². The van der Waals surface area contributed by atoms with Crippen molar-refractivity contribution in [2.45, 2.75) is 45.4 Å². The van der Waals surface area contributed by atoms with E-state index in [9.17, 15) is 0 Å². The zero-order valence-electron chi connectivity index (χ0n) is 15.2. The molecule has 2 aliphatic heterocycles. The van der Waals surface area contributed by atoms with Crippen LogP contribution in [0.15, 0.2) is 23.2 Å². The van der Waals surface area contributed by atoms with Gasteiger partial charge in [0.2, 0.25) is 6.79 Å². The molecule has 25 heavy (non-hydrogen) atoms. The number of fused-ring (bicyclic) bond motifs is 2. The Balaban J connectivity index is 1.37. The second kappa shape index (κ2) is 6.41. The molecule has 1 saturated carbocycles. The van der Waals surface area contributed by atoms with Crippen molar-refractivity contribution in [1.82, 2.24) is 10.6 Å². The zero-order chi connectivity index (χ0) is 17.4. The summed E-state index contributed by atoms with van der Waals surface area (Å²) in [6.45, 7) is 6.45. The lowest BCUT2D eigenvalue weighted by Gasteiger charge is -2.60. The summed E-state index contributed by atoms with van der Waals surface area (Å²) in [7, 11) is 1.81. The summed E-state index contributed by atoms with van der Waals surface area (Å²) in [5.41, 5.74) is 1.26. The molecular weight excluding hydrogens is 318 g/mol. The number of ether oxygens (including phenoxy) is 3. The van der Waals surface area contributed by atoms with Crippen molar-refractivity contribution < 1.29 is 14.2 Å². The van der Waals surface area contributed by atoms with Crippen LogP contribution in [0.25, 0.3) is 0 Å². The maximum atomic E-state index is 5.98. The molecule has 2 heterocycles. The SMILES string of the molecule is CN=C(NCc1ccc2c(c1)OCO2)NC1C2CCCOC2C1(C)C. The molecule has 1 aromatic carbocycles. The molecule has 1 saturated heterocycles. The average molecular weight is 345 g/mol. The van der Waals surface area contributed by atoms with Crippen LogP contribution in [0, 0.1) is 11.3 Å². The van der Waals surface area contributed by atoms with Gasteiger partial charge in [0.1, 0.15) is 0 Å².